The highest BCUT2D eigenvalue weighted by Crippen LogP contribution is 2.24. The van der Waals surface area contributed by atoms with Crippen molar-refractivity contribution >= 4 is 11.9 Å². The van der Waals surface area contributed by atoms with Crippen LogP contribution in [0.25, 0.3) is 0 Å². The third-order valence-electron chi connectivity index (χ3n) is 2.84. The number of hydrogen-bond acceptors (Lipinski definition) is 2. The molecule has 0 aliphatic carbocycles. The van der Waals surface area contributed by atoms with Crippen molar-refractivity contribution in [2.24, 2.45) is 11.8 Å². The smallest absolute Gasteiger partial charge is 0.307 e. The molecule has 2 N–H and O–H groups in total. The summed E-state index contributed by atoms with van der Waals surface area (Å²) in [5.41, 5.74) is 0. The van der Waals surface area contributed by atoms with E-state index in [0.717, 1.165) is 12.8 Å². The van der Waals surface area contributed by atoms with Gasteiger partial charge in [0.1, 0.15) is 0 Å². The summed E-state index contributed by atoms with van der Waals surface area (Å²) >= 11 is 0. The van der Waals surface area contributed by atoms with Crippen LogP contribution in [0.1, 0.15) is 46.0 Å². The second-order valence-electron chi connectivity index (χ2n) is 4.18. The van der Waals surface area contributed by atoms with Crippen molar-refractivity contribution in [1.29, 1.82) is 0 Å². The van der Waals surface area contributed by atoms with Gasteiger partial charge >= 0.3 is 11.9 Å². The maximum absolute atomic E-state index is 11.1. The van der Waals surface area contributed by atoms with Crippen LogP contribution in [0.3, 0.4) is 0 Å². The molecule has 4 nitrogen and oxygen atoms in total. The van der Waals surface area contributed by atoms with Crippen LogP contribution >= 0.6 is 0 Å². The molecule has 0 saturated carbocycles. The van der Waals surface area contributed by atoms with Gasteiger partial charge in [0, 0.05) is 0 Å². The number of carbonyl (C=O) groups is 2. The van der Waals surface area contributed by atoms with E-state index in [1.54, 1.807) is 0 Å². The van der Waals surface area contributed by atoms with Crippen LogP contribution in [0.15, 0.2) is 12.2 Å². The monoisotopic (exact) mass is 242 g/mol. The molecule has 0 heterocycles. The lowest BCUT2D eigenvalue weighted by Gasteiger charge is -2.19. The summed E-state index contributed by atoms with van der Waals surface area (Å²) in [6.07, 6.45) is 6.95. The number of allylic oxidation sites excluding steroid dienone is 2. The zero-order valence-electron chi connectivity index (χ0n) is 10.6. The Bertz CT molecular complexity index is 271. The first-order chi connectivity index (χ1) is 8.04. The van der Waals surface area contributed by atoms with Gasteiger partial charge in [-0.25, -0.2) is 0 Å². The molecule has 2 unspecified atom stereocenters. The quantitative estimate of drug-likeness (QED) is 0.481. The largest absolute Gasteiger partial charge is 0.481 e. The van der Waals surface area contributed by atoms with Crippen LogP contribution in [0.2, 0.25) is 0 Å². The second-order valence-corrected chi connectivity index (χ2v) is 4.18. The fraction of sp³-hybridized carbons (Fsp3) is 0.692. The van der Waals surface area contributed by atoms with Gasteiger partial charge in [0.05, 0.1) is 11.8 Å². The maximum Gasteiger partial charge on any atom is 0.307 e. The number of carboxylic acid groups (broad SMARTS) is 2. The zero-order valence-corrected chi connectivity index (χ0v) is 10.6. The molecule has 0 bridgehead atoms. The molecule has 0 aliphatic rings. The Kier molecular flexibility index (Phi) is 8.11. The first-order valence-electron chi connectivity index (χ1n) is 6.11. The number of carboxylic acids is 2. The van der Waals surface area contributed by atoms with E-state index in [2.05, 4.69) is 0 Å². The van der Waals surface area contributed by atoms with Crippen molar-refractivity contribution in [3.05, 3.63) is 12.2 Å². The Morgan fingerprint density at radius 3 is 2.06 bits per heavy atom. The van der Waals surface area contributed by atoms with E-state index < -0.39 is 23.8 Å². The van der Waals surface area contributed by atoms with E-state index in [1.807, 2.05) is 26.0 Å². The van der Waals surface area contributed by atoms with Gasteiger partial charge in [-0.3, -0.25) is 9.59 Å². The lowest BCUT2D eigenvalue weighted by molar-refractivity contribution is -0.154. The first kappa shape index (κ1) is 15.7. The summed E-state index contributed by atoms with van der Waals surface area (Å²) in [5, 5.41) is 18.1. The summed E-state index contributed by atoms with van der Waals surface area (Å²) in [6, 6.07) is 0. The average molecular weight is 242 g/mol. The molecule has 0 radical (unpaired) electrons. The highest BCUT2D eigenvalue weighted by Gasteiger charge is 2.32. The standard InChI is InChI=1S/C13H22O4/c1-3-5-6-7-9-11(13(16)17)10(8-4-2)12(14)15/h3,5,10-11H,4,6-9H2,1-2H3,(H,14,15)(H,16,17). The van der Waals surface area contributed by atoms with Gasteiger partial charge in [-0.05, 0) is 32.6 Å². The SMILES string of the molecule is CC=CCCCC(C(=O)O)C(CCC)C(=O)O. The third-order valence-corrected chi connectivity index (χ3v) is 2.84. The number of hydrogen-bond donors (Lipinski definition) is 2. The van der Waals surface area contributed by atoms with Crippen LogP contribution in [0, 0.1) is 11.8 Å². The predicted molar refractivity (Wildman–Crippen MR) is 65.8 cm³/mol. The third kappa shape index (κ3) is 6.09. The molecular formula is C13H22O4. The predicted octanol–water partition coefficient (Wildman–Crippen LogP) is 2.93. The summed E-state index contributed by atoms with van der Waals surface area (Å²) in [7, 11) is 0. The lowest BCUT2D eigenvalue weighted by Crippen LogP contribution is -2.29. The van der Waals surface area contributed by atoms with Gasteiger partial charge in [0.25, 0.3) is 0 Å². The molecule has 0 fully saturated rings. The van der Waals surface area contributed by atoms with Gasteiger partial charge in [-0.2, -0.15) is 0 Å². The van der Waals surface area contributed by atoms with Crippen molar-refractivity contribution in [3.63, 3.8) is 0 Å². The number of unbranched alkanes of at least 4 members (excludes halogenated alkanes) is 1. The van der Waals surface area contributed by atoms with Gasteiger partial charge in [0.2, 0.25) is 0 Å². The topological polar surface area (TPSA) is 74.6 Å². The molecule has 0 amide bonds. The van der Waals surface area contributed by atoms with E-state index in [9.17, 15) is 9.59 Å². The molecule has 0 rings (SSSR count). The minimum Gasteiger partial charge on any atom is -0.481 e. The fourth-order valence-corrected chi connectivity index (χ4v) is 1.93. The van der Waals surface area contributed by atoms with E-state index >= 15 is 0 Å². The van der Waals surface area contributed by atoms with Crippen molar-refractivity contribution in [3.8, 4) is 0 Å². The van der Waals surface area contributed by atoms with Gasteiger partial charge < -0.3 is 10.2 Å². The van der Waals surface area contributed by atoms with Crippen molar-refractivity contribution in [2.75, 3.05) is 0 Å². The van der Waals surface area contributed by atoms with Crippen molar-refractivity contribution in [2.45, 2.75) is 46.0 Å². The fourth-order valence-electron chi connectivity index (χ4n) is 1.93. The molecule has 0 spiro atoms. The minimum absolute atomic E-state index is 0.427. The maximum atomic E-state index is 11.1. The van der Waals surface area contributed by atoms with Crippen LogP contribution < -0.4 is 0 Å². The number of aliphatic carboxylic acids is 2. The summed E-state index contributed by atoms with van der Waals surface area (Å²) in [6.45, 7) is 3.78. The Morgan fingerprint density at radius 2 is 1.65 bits per heavy atom. The molecule has 0 aromatic heterocycles. The molecule has 98 valence electrons. The Morgan fingerprint density at radius 1 is 1.12 bits per heavy atom. The molecule has 17 heavy (non-hydrogen) atoms. The Labute approximate surface area is 102 Å². The molecule has 0 aromatic carbocycles. The van der Waals surface area contributed by atoms with E-state index in [4.69, 9.17) is 10.2 Å². The molecule has 0 aromatic rings. The Hall–Kier alpha value is -1.32. The van der Waals surface area contributed by atoms with E-state index in [0.29, 0.717) is 19.3 Å². The lowest BCUT2D eigenvalue weighted by atomic mass is 9.85. The molecular weight excluding hydrogens is 220 g/mol. The summed E-state index contributed by atoms with van der Waals surface area (Å²) in [5.74, 6) is -3.52. The zero-order chi connectivity index (χ0) is 13.3. The van der Waals surface area contributed by atoms with Crippen LogP contribution in [-0.2, 0) is 9.59 Å². The first-order valence-corrected chi connectivity index (χ1v) is 6.11. The van der Waals surface area contributed by atoms with E-state index in [-0.39, 0.29) is 0 Å². The minimum atomic E-state index is -0.995. The van der Waals surface area contributed by atoms with Crippen LogP contribution in [-0.4, -0.2) is 22.2 Å². The molecule has 0 saturated heterocycles. The van der Waals surface area contributed by atoms with Crippen LogP contribution in [0.5, 0.6) is 0 Å². The van der Waals surface area contributed by atoms with Gasteiger partial charge in [-0.15, -0.1) is 0 Å². The Balaban J connectivity index is 4.46. The van der Waals surface area contributed by atoms with E-state index in [1.165, 1.54) is 0 Å². The van der Waals surface area contributed by atoms with Gasteiger partial charge in [0.15, 0.2) is 0 Å². The molecule has 2 atom stereocenters. The normalized spacial score (nSPS) is 14.7. The summed E-state index contributed by atoms with van der Waals surface area (Å²) in [4.78, 5) is 22.1. The average Bonchev–Trinajstić information content (AvgIpc) is 2.26. The molecule has 4 heteroatoms. The van der Waals surface area contributed by atoms with Crippen molar-refractivity contribution < 1.29 is 19.8 Å². The van der Waals surface area contributed by atoms with Crippen molar-refractivity contribution in [1.82, 2.24) is 0 Å². The molecule has 0 aliphatic heterocycles. The summed E-state index contributed by atoms with van der Waals surface area (Å²) < 4.78 is 0. The van der Waals surface area contributed by atoms with Gasteiger partial charge in [-0.1, -0.05) is 25.5 Å². The highest BCUT2D eigenvalue weighted by atomic mass is 16.4. The number of rotatable bonds is 9. The second kappa shape index (κ2) is 8.79. The van der Waals surface area contributed by atoms with Crippen LogP contribution in [0.4, 0.5) is 0 Å². The highest BCUT2D eigenvalue weighted by molar-refractivity contribution is 5.79.